The Labute approximate surface area is 152 Å². The van der Waals surface area contributed by atoms with Gasteiger partial charge in [0.05, 0.1) is 25.1 Å². The molecule has 1 fully saturated rings. The zero-order chi connectivity index (χ0) is 18.6. The lowest BCUT2D eigenvalue weighted by Gasteiger charge is -2.37. The number of rotatable bonds is 5. The fourth-order valence-electron chi connectivity index (χ4n) is 3.49. The molecule has 0 bridgehead atoms. The molecule has 7 heteroatoms. The maximum Gasteiger partial charge on any atom is 0.239 e. The molecule has 26 heavy (non-hydrogen) atoms. The van der Waals surface area contributed by atoms with Gasteiger partial charge in [0, 0.05) is 33.0 Å². The summed E-state index contributed by atoms with van der Waals surface area (Å²) >= 11 is 0. The molecule has 2 amide bonds. The normalized spacial score (nSPS) is 22.6. The lowest BCUT2D eigenvalue weighted by atomic mass is 9.84. The number of ether oxygens (including phenoxy) is 2. The van der Waals surface area contributed by atoms with Crippen LogP contribution >= 0.6 is 0 Å². The molecule has 1 spiro atoms. The summed E-state index contributed by atoms with van der Waals surface area (Å²) in [5.74, 6) is 0.336. The molecule has 0 aliphatic carbocycles. The molecule has 2 aliphatic rings. The van der Waals surface area contributed by atoms with E-state index in [9.17, 15) is 14.4 Å². The first-order valence-electron chi connectivity index (χ1n) is 8.88. The van der Waals surface area contributed by atoms with Crippen LogP contribution in [-0.2, 0) is 14.3 Å². The van der Waals surface area contributed by atoms with Crippen molar-refractivity contribution < 1.29 is 23.9 Å². The monoisotopic (exact) mass is 360 g/mol. The van der Waals surface area contributed by atoms with E-state index in [4.69, 9.17) is 9.47 Å². The molecular weight excluding hydrogens is 336 g/mol. The van der Waals surface area contributed by atoms with Crippen molar-refractivity contribution in [3.63, 3.8) is 0 Å². The van der Waals surface area contributed by atoms with E-state index in [1.165, 1.54) is 0 Å². The summed E-state index contributed by atoms with van der Waals surface area (Å²) in [6.45, 7) is 1.25. The second-order valence-corrected chi connectivity index (χ2v) is 6.79. The average Bonchev–Trinajstić information content (AvgIpc) is 2.76. The highest BCUT2D eigenvalue weighted by Crippen LogP contribution is 2.39. The van der Waals surface area contributed by atoms with E-state index in [-0.39, 0.29) is 37.0 Å². The van der Waals surface area contributed by atoms with Crippen molar-refractivity contribution in [1.29, 1.82) is 0 Å². The standard InChI is InChI=1S/C19H24N2O5/c1-25-11-9-20-17(23)13-21-10-8-19(7-6-18(21)24)12-15(22)14-4-2-3-5-16(14)26-19/h2-5H,6-13H2,1H3,(H,20,23)/t19-/m1/s1. The highest BCUT2D eigenvalue weighted by Gasteiger charge is 2.43. The summed E-state index contributed by atoms with van der Waals surface area (Å²) in [4.78, 5) is 38.4. The van der Waals surface area contributed by atoms with E-state index in [1.54, 1.807) is 24.1 Å². The molecule has 7 nitrogen and oxygen atoms in total. The largest absolute Gasteiger partial charge is 0.486 e. The van der Waals surface area contributed by atoms with Crippen molar-refractivity contribution in [3.05, 3.63) is 29.8 Å². The average molecular weight is 360 g/mol. The number of benzene rings is 1. The number of hydrogen-bond acceptors (Lipinski definition) is 5. The third-order valence-electron chi connectivity index (χ3n) is 4.94. The van der Waals surface area contributed by atoms with E-state index in [1.807, 2.05) is 12.1 Å². The topological polar surface area (TPSA) is 84.9 Å². The van der Waals surface area contributed by atoms with Crippen molar-refractivity contribution in [1.82, 2.24) is 10.2 Å². The van der Waals surface area contributed by atoms with Crippen LogP contribution in [0.3, 0.4) is 0 Å². The number of para-hydroxylation sites is 1. The van der Waals surface area contributed by atoms with E-state index >= 15 is 0 Å². The van der Waals surface area contributed by atoms with Gasteiger partial charge in [0.25, 0.3) is 0 Å². The summed E-state index contributed by atoms with van der Waals surface area (Å²) in [5, 5.41) is 2.72. The second kappa shape index (κ2) is 7.86. The van der Waals surface area contributed by atoms with Crippen LogP contribution in [0.2, 0.25) is 0 Å². The number of nitrogens with one attached hydrogen (secondary N) is 1. The van der Waals surface area contributed by atoms with Gasteiger partial charge in [0.2, 0.25) is 11.8 Å². The predicted molar refractivity (Wildman–Crippen MR) is 94.1 cm³/mol. The molecule has 0 saturated carbocycles. The Morgan fingerprint density at radius 3 is 2.92 bits per heavy atom. The van der Waals surface area contributed by atoms with Crippen molar-refractivity contribution in [2.45, 2.75) is 31.3 Å². The van der Waals surface area contributed by atoms with Gasteiger partial charge >= 0.3 is 0 Å². The first-order valence-corrected chi connectivity index (χ1v) is 8.88. The Kier molecular flexibility index (Phi) is 5.56. The lowest BCUT2D eigenvalue weighted by molar-refractivity contribution is -0.135. The Hall–Kier alpha value is -2.41. The number of Topliss-reactive ketones (excluding diaryl/α,β-unsaturated/α-hetero) is 1. The number of fused-ring (bicyclic) bond motifs is 1. The summed E-state index contributed by atoms with van der Waals surface area (Å²) in [5.41, 5.74) is -0.0642. The van der Waals surface area contributed by atoms with Gasteiger partial charge < -0.3 is 19.7 Å². The fraction of sp³-hybridized carbons (Fsp3) is 0.526. The van der Waals surface area contributed by atoms with Gasteiger partial charge in [0.15, 0.2) is 5.78 Å². The predicted octanol–water partition coefficient (Wildman–Crippen LogP) is 1.17. The van der Waals surface area contributed by atoms with Crippen molar-refractivity contribution >= 4 is 17.6 Å². The Morgan fingerprint density at radius 2 is 2.12 bits per heavy atom. The van der Waals surface area contributed by atoms with Crippen molar-refractivity contribution in [2.24, 2.45) is 0 Å². The van der Waals surface area contributed by atoms with Gasteiger partial charge in [-0.15, -0.1) is 0 Å². The number of nitrogens with zero attached hydrogens (tertiary/aromatic N) is 1. The Morgan fingerprint density at radius 1 is 1.31 bits per heavy atom. The van der Waals surface area contributed by atoms with Gasteiger partial charge in [-0.25, -0.2) is 0 Å². The summed E-state index contributed by atoms with van der Waals surface area (Å²) in [6.07, 6.45) is 1.55. The van der Waals surface area contributed by atoms with E-state index in [2.05, 4.69) is 5.32 Å². The smallest absolute Gasteiger partial charge is 0.239 e. The zero-order valence-corrected chi connectivity index (χ0v) is 15.0. The molecule has 1 saturated heterocycles. The van der Waals surface area contributed by atoms with Crippen LogP contribution < -0.4 is 10.1 Å². The quantitative estimate of drug-likeness (QED) is 0.797. The molecule has 3 rings (SSSR count). The maximum atomic E-state index is 12.5. The van der Waals surface area contributed by atoms with Crippen LogP contribution in [0.15, 0.2) is 24.3 Å². The molecule has 1 N–H and O–H groups in total. The molecule has 2 heterocycles. The molecule has 1 atom stereocenters. The number of carbonyl (C=O) groups excluding carboxylic acids is 3. The summed E-state index contributed by atoms with van der Waals surface area (Å²) in [6, 6.07) is 7.22. The molecule has 0 unspecified atom stereocenters. The fourth-order valence-corrected chi connectivity index (χ4v) is 3.49. The van der Waals surface area contributed by atoms with Crippen LogP contribution in [0.1, 0.15) is 36.0 Å². The van der Waals surface area contributed by atoms with Crippen LogP contribution in [0, 0.1) is 0 Å². The summed E-state index contributed by atoms with van der Waals surface area (Å²) < 4.78 is 11.1. The van der Waals surface area contributed by atoms with E-state index < -0.39 is 5.60 Å². The first kappa shape index (κ1) is 18.4. The van der Waals surface area contributed by atoms with E-state index in [0.717, 1.165) is 0 Å². The molecule has 2 aliphatic heterocycles. The summed E-state index contributed by atoms with van der Waals surface area (Å²) in [7, 11) is 1.56. The molecule has 1 aromatic rings. The van der Waals surface area contributed by atoms with Crippen molar-refractivity contribution in [3.8, 4) is 5.75 Å². The number of methoxy groups -OCH3 is 1. The SMILES string of the molecule is COCCNC(=O)CN1CC[C@]2(CCC1=O)CC(=O)c1ccccc1O2. The Bertz CT molecular complexity index is 705. The number of ketones is 1. The minimum atomic E-state index is -0.664. The van der Waals surface area contributed by atoms with Crippen LogP contribution in [0.5, 0.6) is 5.75 Å². The molecule has 1 aromatic carbocycles. The van der Waals surface area contributed by atoms with Gasteiger partial charge in [-0.3, -0.25) is 14.4 Å². The highest BCUT2D eigenvalue weighted by atomic mass is 16.5. The second-order valence-electron chi connectivity index (χ2n) is 6.79. The third kappa shape index (κ3) is 4.04. The lowest BCUT2D eigenvalue weighted by Crippen LogP contribution is -2.44. The van der Waals surface area contributed by atoms with Gasteiger partial charge in [0.1, 0.15) is 11.4 Å². The molecule has 0 radical (unpaired) electrons. The van der Waals surface area contributed by atoms with Gasteiger partial charge in [-0.1, -0.05) is 12.1 Å². The third-order valence-corrected chi connectivity index (χ3v) is 4.94. The van der Waals surface area contributed by atoms with Gasteiger partial charge in [-0.2, -0.15) is 0 Å². The molecule has 140 valence electrons. The minimum Gasteiger partial charge on any atom is -0.486 e. The molecule has 0 aromatic heterocycles. The number of amides is 2. The minimum absolute atomic E-state index is 0.0170. The van der Waals surface area contributed by atoms with Crippen LogP contribution in [-0.4, -0.2) is 61.4 Å². The molecular formula is C19H24N2O5. The van der Waals surface area contributed by atoms with Gasteiger partial charge in [-0.05, 0) is 18.6 Å². The van der Waals surface area contributed by atoms with E-state index in [0.29, 0.717) is 43.9 Å². The number of likely N-dealkylation sites (tertiary alicyclic amines) is 1. The Balaban J connectivity index is 1.65. The first-order chi connectivity index (χ1) is 12.5. The van der Waals surface area contributed by atoms with Crippen molar-refractivity contribution in [2.75, 3.05) is 33.4 Å². The number of hydrogen-bond donors (Lipinski definition) is 1. The maximum absolute atomic E-state index is 12.5. The zero-order valence-electron chi connectivity index (χ0n) is 15.0. The number of carbonyl (C=O) groups is 3. The van der Waals surface area contributed by atoms with Crippen LogP contribution in [0.25, 0.3) is 0 Å². The highest BCUT2D eigenvalue weighted by molar-refractivity contribution is 6.00. The van der Waals surface area contributed by atoms with Crippen LogP contribution in [0.4, 0.5) is 0 Å².